The average Bonchev–Trinajstić information content (AvgIpc) is 2.72. The molecule has 0 unspecified atom stereocenters. The van der Waals surface area contributed by atoms with E-state index in [9.17, 15) is 9.59 Å². The second-order valence-electron chi connectivity index (χ2n) is 5.82. The molecule has 2 rings (SSSR count). The standard InChI is InChI=1S/C21H24N2O4/c1-2-13-26-20(24)22-14-19(18-11-7-4-8-12-18)15-23-21(25)27-16-17-9-5-3-6-10-17/h2-12,19H,1,13-16H2,(H,22,24)(H,23,25)/t19-/m0/s1. The number of rotatable bonds is 9. The molecule has 142 valence electrons. The van der Waals surface area contributed by atoms with Crippen molar-refractivity contribution in [3.63, 3.8) is 0 Å². The van der Waals surface area contributed by atoms with Crippen molar-refractivity contribution in [1.29, 1.82) is 0 Å². The van der Waals surface area contributed by atoms with Crippen LogP contribution in [0.5, 0.6) is 0 Å². The van der Waals surface area contributed by atoms with Gasteiger partial charge >= 0.3 is 12.2 Å². The quantitative estimate of drug-likeness (QED) is 0.663. The number of carbonyl (C=O) groups is 2. The summed E-state index contributed by atoms with van der Waals surface area (Å²) in [5.41, 5.74) is 1.91. The average molecular weight is 368 g/mol. The van der Waals surface area contributed by atoms with Gasteiger partial charge in [0.25, 0.3) is 0 Å². The summed E-state index contributed by atoms with van der Waals surface area (Å²) < 4.78 is 10.1. The Morgan fingerprint density at radius 3 is 2.04 bits per heavy atom. The van der Waals surface area contributed by atoms with Crippen molar-refractivity contribution in [2.75, 3.05) is 19.7 Å². The molecule has 6 heteroatoms. The van der Waals surface area contributed by atoms with E-state index in [-0.39, 0.29) is 19.1 Å². The maximum absolute atomic E-state index is 12.0. The first-order valence-electron chi connectivity index (χ1n) is 8.70. The molecule has 2 N–H and O–H groups in total. The fourth-order valence-corrected chi connectivity index (χ4v) is 2.41. The van der Waals surface area contributed by atoms with Gasteiger partial charge in [-0.25, -0.2) is 9.59 Å². The number of carbonyl (C=O) groups excluding carboxylic acids is 2. The van der Waals surface area contributed by atoms with Gasteiger partial charge in [0.1, 0.15) is 13.2 Å². The zero-order valence-electron chi connectivity index (χ0n) is 15.1. The lowest BCUT2D eigenvalue weighted by molar-refractivity contribution is 0.139. The molecule has 0 aliphatic rings. The number of benzene rings is 2. The van der Waals surface area contributed by atoms with Crippen LogP contribution >= 0.6 is 0 Å². The van der Waals surface area contributed by atoms with Crippen molar-refractivity contribution in [3.05, 3.63) is 84.4 Å². The highest BCUT2D eigenvalue weighted by atomic mass is 16.6. The number of hydrogen-bond donors (Lipinski definition) is 2. The number of alkyl carbamates (subject to hydrolysis) is 2. The lowest BCUT2D eigenvalue weighted by Crippen LogP contribution is -2.36. The van der Waals surface area contributed by atoms with E-state index in [2.05, 4.69) is 17.2 Å². The third-order valence-electron chi connectivity index (χ3n) is 3.80. The van der Waals surface area contributed by atoms with Gasteiger partial charge in [-0.3, -0.25) is 0 Å². The Morgan fingerprint density at radius 1 is 0.889 bits per heavy atom. The molecule has 1 atom stereocenters. The fourth-order valence-electron chi connectivity index (χ4n) is 2.41. The van der Waals surface area contributed by atoms with Crippen molar-refractivity contribution in [3.8, 4) is 0 Å². The van der Waals surface area contributed by atoms with Crippen LogP contribution in [-0.2, 0) is 16.1 Å². The summed E-state index contributed by atoms with van der Waals surface area (Å²) in [5.74, 6) is -0.119. The van der Waals surface area contributed by atoms with Crippen LogP contribution in [0.15, 0.2) is 73.3 Å². The van der Waals surface area contributed by atoms with Crippen LogP contribution in [0.1, 0.15) is 17.0 Å². The van der Waals surface area contributed by atoms with E-state index in [1.165, 1.54) is 6.08 Å². The van der Waals surface area contributed by atoms with Gasteiger partial charge in [-0.05, 0) is 11.1 Å². The minimum absolute atomic E-state index is 0.119. The molecule has 0 saturated carbocycles. The molecule has 0 aliphatic heterocycles. The van der Waals surface area contributed by atoms with Crippen LogP contribution in [0.4, 0.5) is 9.59 Å². The summed E-state index contributed by atoms with van der Waals surface area (Å²) in [6.07, 6.45) is 0.468. The molecule has 0 radical (unpaired) electrons. The van der Waals surface area contributed by atoms with E-state index < -0.39 is 12.2 Å². The summed E-state index contributed by atoms with van der Waals surface area (Å²) in [7, 11) is 0. The summed E-state index contributed by atoms with van der Waals surface area (Å²) in [6, 6.07) is 19.1. The largest absolute Gasteiger partial charge is 0.445 e. The SMILES string of the molecule is C=CCOC(=O)NC[C@@H](CNC(=O)OCc1ccccc1)c1ccccc1. The van der Waals surface area contributed by atoms with Crippen LogP contribution < -0.4 is 10.6 Å². The zero-order chi connectivity index (χ0) is 19.3. The Hall–Kier alpha value is -3.28. The van der Waals surface area contributed by atoms with Gasteiger partial charge in [0.15, 0.2) is 0 Å². The molecule has 2 aromatic rings. The molecule has 0 spiro atoms. The molecule has 0 bridgehead atoms. The predicted molar refractivity (Wildman–Crippen MR) is 103 cm³/mol. The van der Waals surface area contributed by atoms with Gasteiger partial charge in [0, 0.05) is 19.0 Å². The van der Waals surface area contributed by atoms with Crippen LogP contribution in [0.2, 0.25) is 0 Å². The molecular weight excluding hydrogens is 344 g/mol. The van der Waals surface area contributed by atoms with Gasteiger partial charge in [0.2, 0.25) is 0 Å². The van der Waals surface area contributed by atoms with E-state index in [0.29, 0.717) is 13.1 Å². The third kappa shape index (κ3) is 7.64. The van der Waals surface area contributed by atoms with Crippen molar-refractivity contribution in [2.45, 2.75) is 12.5 Å². The predicted octanol–water partition coefficient (Wildman–Crippen LogP) is 3.61. The number of hydrogen-bond acceptors (Lipinski definition) is 4. The van der Waals surface area contributed by atoms with Crippen molar-refractivity contribution in [1.82, 2.24) is 10.6 Å². The maximum Gasteiger partial charge on any atom is 0.407 e. The van der Waals surface area contributed by atoms with Gasteiger partial charge < -0.3 is 20.1 Å². The van der Waals surface area contributed by atoms with Gasteiger partial charge in [-0.1, -0.05) is 73.3 Å². The first-order valence-corrected chi connectivity index (χ1v) is 8.70. The van der Waals surface area contributed by atoms with E-state index >= 15 is 0 Å². The fraction of sp³-hybridized carbons (Fsp3) is 0.238. The maximum atomic E-state index is 12.0. The summed E-state index contributed by atoms with van der Waals surface area (Å²) in [5, 5.41) is 5.45. The Bertz CT molecular complexity index is 719. The Kier molecular flexibility index (Phi) is 8.43. The molecule has 6 nitrogen and oxygen atoms in total. The second-order valence-corrected chi connectivity index (χ2v) is 5.82. The molecule has 2 aromatic carbocycles. The van der Waals surface area contributed by atoms with Crippen LogP contribution in [-0.4, -0.2) is 31.9 Å². The number of nitrogens with one attached hydrogen (secondary N) is 2. The molecule has 2 amide bonds. The van der Waals surface area contributed by atoms with Crippen LogP contribution in [0.25, 0.3) is 0 Å². The summed E-state index contributed by atoms with van der Waals surface area (Å²) in [6.45, 7) is 4.48. The Labute approximate surface area is 159 Å². The minimum atomic E-state index is -0.525. The lowest BCUT2D eigenvalue weighted by atomic mass is 9.99. The molecule has 0 aliphatic carbocycles. The lowest BCUT2D eigenvalue weighted by Gasteiger charge is -2.18. The second kappa shape index (κ2) is 11.4. The molecular formula is C21H24N2O4. The molecule has 0 aromatic heterocycles. The Morgan fingerprint density at radius 2 is 1.44 bits per heavy atom. The first-order chi connectivity index (χ1) is 13.2. The monoisotopic (exact) mass is 368 g/mol. The van der Waals surface area contributed by atoms with Crippen LogP contribution in [0, 0.1) is 0 Å². The van der Waals surface area contributed by atoms with Crippen molar-refractivity contribution >= 4 is 12.2 Å². The number of amides is 2. The van der Waals surface area contributed by atoms with Crippen LogP contribution in [0.3, 0.4) is 0 Å². The van der Waals surface area contributed by atoms with E-state index in [4.69, 9.17) is 9.47 Å². The van der Waals surface area contributed by atoms with Crippen molar-refractivity contribution < 1.29 is 19.1 Å². The zero-order valence-corrected chi connectivity index (χ0v) is 15.1. The highest BCUT2D eigenvalue weighted by molar-refractivity contribution is 5.68. The molecule has 0 heterocycles. The third-order valence-corrected chi connectivity index (χ3v) is 3.80. The smallest absolute Gasteiger partial charge is 0.407 e. The van der Waals surface area contributed by atoms with Gasteiger partial charge in [-0.15, -0.1) is 0 Å². The van der Waals surface area contributed by atoms with E-state index in [1.807, 2.05) is 60.7 Å². The molecule has 0 saturated heterocycles. The summed E-state index contributed by atoms with van der Waals surface area (Å²) >= 11 is 0. The van der Waals surface area contributed by atoms with E-state index in [0.717, 1.165) is 11.1 Å². The topological polar surface area (TPSA) is 76.7 Å². The summed E-state index contributed by atoms with van der Waals surface area (Å²) in [4.78, 5) is 23.6. The normalized spacial score (nSPS) is 11.1. The van der Waals surface area contributed by atoms with Gasteiger partial charge in [0.05, 0.1) is 0 Å². The van der Waals surface area contributed by atoms with Gasteiger partial charge in [-0.2, -0.15) is 0 Å². The minimum Gasteiger partial charge on any atom is -0.445 e. The van der Waals surface area contributed by atoms with Crippen molar-refractivity contribution in [2.24, 2.45) is 0 Å². The first kappa shape index (κ1) is 20.0. The Balaban J connectivity index is 1.84. The van der Waals surface area contributed by atoms with E-state index in [1.54, 1.807) is 0 Å². The number of ether oxygens (including phenoxy) is 2. The molecule has 27 heavy (non-hydrogen) atoms. The molecule has 0 fully saturated rings. The highest BCUT2D eigenvalue weighted by Gasteiger charge is 2.15. The highest BCUT2D eigenvalue weighted by Crippen LogP contribution is 2.14.